The molecule has 2 aliphatic rings. The summed E-state index contributed by atoms with van der Waals surface area (Å²) in [6, 6.07) is 0.212. The third-order valence-corrected chi connectivity index (χ3v) is 6.77. The first-order valence-electron chi connectivity index (χ1n) is 8.97. The fourth-order valence-electron chi connectivity index (χ4n) is 3.31. The molecule has 0 aromatic carbocycles. The van der Waals surface area contributed by atoms with Gasteiger partial charge in [-0.15, -0.1) is 24.0 Å². The summed E-state index contributed by atoms with van der Waals surface area (Å²) in [5, 5.41) is 6.45. The fourth-order valence-corrected chi connectivity index (χ4v) is 4.30. The lowest BCUT2D eigenvalue weighted by molar-refractivity contribution is -0.0494. The van der Waals surface area contributed by atoms with Gasteiger partial charge >= 0.3 is 15.5 Å². The van der Waals surface area contributed by atoms with Crippen molar-refractivity contribution in [3.63, 3.8) is 0 Å². The molecule has 0 aromatic rings. The molecule has 0 radical (unpaired) electrons. The number of likely N-dealkylation sites (N-methyl/N-ethyl adjacent to an activating group) is 2. The summed E-state index contributed by atoms with van der Waals surface area (Å²) in [7, 11) is 0.546. The van der Waals surface area contributed by atoms with E-state index >= 15 is 0 Å². The summed E-state index contributed by atoms with van der Waals surface area (Å²) < 4.78 is 61.3. The first-order valence-corrected chi connectivity index (χ1v) is 10.4. The van der Waals surface area contributed by atoms with Crippen LogP contribution in [0, 0.1) is 0 Å². The van der Waals surface area contributed by atoms with Crippen molar-refractivity contribution in [3.8, 4) is 0 Å². The normalized spacial score (nSPS) is 24.6. The van der Waals surface area contributed by atoms with Gasteiger partial charge in [-0.05, 0) is 26.9 Å². The van der Waals surface area contributed by atoms with Crippen LogP contribution in [0.1, 0.15) is 12.8 Å². The van der Waals surface area contributed by atoms with Gasteiger partial charge in [0.2, 0.25) is 0 Å². The van der Waals surface area contributed by atoms with Crippen molar-refractivity contribution in [2.24, 2.45) is 4.99 Å². The summed E-state index contributed by atoms with van der Waals surface area (Å²) in [6.07, 6.45) is 0.587. The molecule has 0 amide bonds. The Morgan fingerprint density at radius 2 is 1.75 bits per heavy atom. The Hall–Kier alpha value is -0.380. The monoisotopic (exact) mass is 542 g/mol. The standard InChI is InChI=1S/C15H29F3N6O2S.HI/c1-19-14(20-10-13-11-22(2)8-9-23(13)3)21-12-4-6-24(7-5-12)27(25,26)15(16,17)18;/h12-13H,4-11H2,1-3H3,(H2,19,20,21);1H. The van der Waals surface area contributed by atoms with Gasteiger partial charge in [-0.25, -0.2) is 8.42 Å². The minimum Gasteiger partial charge on any atom is -0.355 e. The largest absolute Gasteiger partial charge is 0.511 e. The van der Waals surface area contributed by atoms with Crippen LogP contribution in [0.2, 0.25) is 0 Å². The van der Waals surface area contributed by atoms with Crippen LogP contribution >= 0.6 is 24.0 Å². The summed E-state index contributed by atoms with van der Waals surface area (Å²) in [4.78, 5) is 8.71. The molecule has 0 bridgehead atoms. The number of hydrogen-bond donors (Lipinski definition) is 2. The number of nitrogens with one attached hydrogen (secondary N) is 2. The Labute approximate surface area is 182 Å². The zero-order valence-corrected chi connectivity index (χ0v) is 19.5. The molecule has 0 aromatic heterocycles. The van der Waals surface area contributed by atoms with E-state index in [0.717, 1.165) is 19.6 Å². The van der Waals surface area contributed by atoms with E-state index < -0.39 is 15.5 Å². The van der Waals surface area contributed by atoms with Crippen LogP contribution in [0.15, 0.2) is 4.99 Å². The summed E-state index contributed by atoms with van der Waals surface area (Å²) in [6.45, 7) is 3.33. The van der Waals surface area contributed by atoms with Gasteiger partial charge in [0.05, 0.1) is 0 Å². The molecule has 2 N–H and O–H groups in total. The number of halogens is 4. The molecular formula is C15H30F3IN6O2S. The molecule has 28 heavy (non-hydrogen) atoms. The molecule has 2 fully saturated rings. The molecule has 2 rings (SSSR count). The number of nitrogens with zero attached hydrogens (tertiary/aromatic N) is 4. The van der Waals surface area contributed by atoms with Crippen LogP contribution in [0.25, 0.3) is 0 Å². The van der Waals surface area contributed by atoms with E-state index in [1.54, 1.807) is 7.05 Å². The molecule has 13 heteroatoms. The number of rotatable bonds is 4. The van der Waals surface area contributed by atoms with Crippen LogP contribution in [-0.4, -0.2) is 106 Å². The van der Waals surface area contributed by atoms with E-state index in [1.165, 1.54) is 0 Å². The molecule has 1 atom stereocenters. The second-order valence-corrected chi connectivity index (χ2v) is 9.05. The third kappa shape index (κ3) is 6.57. The zero-order valence-electron chi connectivity index (χ0n) is 16.4. The van der Waals surface area contributed by atoms with Crippen LogP contribution in [0.3, 0.4) is 0 Å². The van der Waals surface area contributed by atoms with E-state index in [2.05, 4.69) is 39.5 Å². The van der Waals surface area contributed by atoms with E-state index in [0.29, 0.717) is 35.7 Å². The predicted octanol–water partition coefficient (Wildman–Crippen LogP) is 0.329. The average molecular weight is 542 g/mol. The van der Waals surface area contributed by atoms with Gasteiger partial charge in [-0.3, -0.25) is 9.89 Å². The Bertz CT molecular complexity index is 626. The average Bonchev–Trinajstić information content (AvgIpc) is 2.60. The molecule has 0 aliphatic carbocycles. The number of alkyl halides is 3. The molecule has 1 unspecified atom stereocenters. The van der Waals surface area contributed by atoms with Gasteiger partial charge in [-0.2, -0.15) is 17.5 Å². The topological polar surface area (TPSA) is 80.3 Å². The van der Waals surface area contributed by atoms with E-state index in [-0.39, 0.29) is 43.1 Å². The van der Waals surface area contributed by atoms with E-state index in [1.807, 2.05) is 0 Å². The van der Waals surface area contributed by atoms with Crippen molar-refractivity contribution < 1.29 is 21.6 Å². The Morgan fingerprint density at radius 3 is 2.29 bits per heavy atom. The van der Waals surface area contributed by atoms with Crippen molar-refractivity contribution in [2.75, 3.05) is 60.4 Å². The van der Waals surface area contributed by atoms with Crippen molar-refractivity contribution in [1.29, 1.82) is 0 Å². The molecule has 0 spiro atoms. The molecule has 2 saturated heterocycles. The number of aliphatic imine (C=N–C) groups is 1. The molecule has 2 aliphatic heterocycles. The van der Waals surface area contributed by atoms with Crippen molar-refractivity contribution >= 4 is 40.0 Å². The van der Waals surface area contributed by atoms with Gasteiger partial charge in [0, 0.05) is 58.4 Å². The lowest BCUT2D eigenvalue weighted by Gasteiger charge is -2.38. The molecule has 8 nitrogen and oxygen atoms in total. The summed E-state index contributed by atoms with van der Waals surface area (Å²) >= 11 is 0. The molecule has 2 heterocycles. The number of hydrogen-bond acceptors (Lipinski definition) is 5. The number of piperazine rings is 1. The summed E-state index contributed by atoms with van der Waals surface area (Å²) in [5.41, 5.74) is -5.25. The Morgan fingerprint density at radius 1 is 1.14 bits per heavy atom. The maximum absolute atomic E-state index is 12.6. The van der Waals surface area contributed by atoms with Gasteiger partial charge < -0.3 is 15.5 Å². The lowest BCUT2D eigenvalue weighted by Crippen LogP contribution is -2.56. The second-order valence-electron chi connectivity index (χ2n) is 7.12. The third-order valence-electron chi connectivity index (χ3n) is 5.14. The predicted molar refractivity (Wildman–Crippen MR) is 113 cm³/mol. The maximum Gasteiger partial charge on any atom is 0.511 e. The smallest absolute Gasteiger partial charge is 0.355 e. The SMILES string of the molecule is CN=C(NCC1CN(C)CCN1C)NC1CCN(S(=O)(=O)C(F)(F)F)CC1.I. The van der Waals surface area contributed by atoms with Crippen molar-refractivity contribution in [2.45, 2.75) is 30.4 Å². The van der Waals surface area contributed by atoms with Gasteiger partial charge in [0.15, 0.2) is 5.96 Å². The van der Waals surface area contributed by atoms with E-state index in [4.69, 9.17) is 0 Å². The van der Waals surface area contributed by atoms with Gasteiger partial charge in [0.1, 0.15) is 0 Å². The minimum atomic E-state index is -5.25. The number of sulfonamides is 1. The Balaban J connectivity index is 0.00000392. The minimum absolute atomic E-state index is 0. The first-order chi connectivity index (χ1) is 12.5. The second kappa shape index (κ2) is 10.6. The quantitative estimate of drug-likeness (QED) is 0.303. The highest BCUT2D eigenvalue weighted by molar-refractivity contribution is 14.0. The highest BCUT2D eigenvalue weighted by atomic mass is 127. The highest BCUT2D eigenvalue weighted by Crippen LogP contribution is 2.28. The van der Waals surface area contributed by atoms with E-state index in [9.17, 15) is 21.6 Å². The highest BCUT2D eigenvalue weighted by Gasteiger charge is 2.50. The number of piperidine rings is 1. The van der Waals surface area contributed by atoms with Gasteiger partial charge in [-0.1, -0.05) is 0 Å². The fraction of sp³-hybridized carbons (Fsp3) is 0.933. The molecule has 166 valence electrons. The van der Waals surface area contributed by atoms with Crippen LogP contribution < -0.4 is 10.6 Å². The molecular weight excluding hydrogens is 512 g/mol. The zero-order chi connectivity index (χ0) is 20.2. The molecule has 0 saturated carbocycles. The summed E-state index contributed by atoms with van der Waals surface area (Å²) in [5.74, 6) is 0.578. The van der Waals surface area contributed by atoms with Crippen molar-refractivity contribution in [1.82, 2.24) is 24.7 Å². The first kappa shape index (κ1) is 25.7. The number of guanidine groups is 1. The van der Waals surface area contributed by atoms with Crippen molar-refractivity contribution in [3.05, 3.63) is 0 Å². The van der Waals surface area contributed by atoms with Crippen LogP contribution in [0.5, 0.6) is 0 Å². The van der Waals surface area contributed by atoms with Crippen LogP contribution in [-0.2, 0) is 10.0 Å². The van der Waals surface area contributed by atoms with Crippen LogP contribution in [0.4, 0.5) is 13.2 Å². The Kier molecular flexibility index (Phi) is 9.70. The van der Waals surface area contributed by atoms with Gasteiger partial charge in [0.25, 0.3) is 0 Å². The lowest BCUT2D eigenvalue weighted by atomic mass is 10.1. The maximum atomic E-state index is 12.6.